The lowest BCUT2D eigenvalue weighted by Gasteiger charge is -2.40. The molecule has 2 saturated heterocycles. The van der Waals surface area contributed by atoms with Gasteiger partial charge in [-0.15, -0.1) is 0 Å². The second kappa shape index (κ2) is 11.7. The Labute approximate surface area is 246 Å². The Kier molecular flexibility index (Phi) is 8.51. The molecule has 0 radical (unpaired) electrons. The van der Waals surface area contributed by atoms with Crippen LogP contribution in [0, 0.1) is 5.92 Å². The fourth-order valence-electron chi connectivity index (χ4n) is 6.65. The minimum atomic E-state index is -0.743. The summed E-state index contributed by atoms with van der Waals surface area (Å²) in [6.07, 6.45) is 3.64. The zero-order chi connectivity index (χ0) is 27.5. The fourth-order valence-corrected chi connectivity index (χ4v) is 8.46. The minimum absolute atomic E-state index is 0.0882. The summed E-state index contributed by atoms with van der Waals surface area (Å²) in [5.41, 5.74) is 1.69. The van der Waals surface area contributed by atoms with Gasteiger partial charge in [0.1, 0.15) is 11.7 Å². The number of rotatable bonds is 11. The number of esters is 1. The molecule has 0 N–H and O–H groups in total. The molecule has 2 heterocycles. The Morgan fingerprint density at radius 3 is 1.79 bits per heavy atom. The van der Waals surface area contributed by atoms with Gasteiger partial charge < -0.3 is 14.2 Å². The van der Waals surface area contributed by atoms with E-state index in [1.54, 1.807) is 0 Å². The van der Waals surface area contributed by atoms with Crippen molar-refractivity contribution in [2.75, 3.05) is 6.61 Å². The third kappa shape index (κ3) is 4.95. The number of halogens is 1. The molecular formula is C34H39IO4. The van der Waals surface area contributed by atoms with Gasteiger partial charge in [0.2, 0.25) is 0 Å². The molecule has 0 saturated carbocycles. The van der Waals surface area contributed by atoms with E-state index >= 15 is 0 Å². The average molecular weight is 639 g/mol. The molecule has 3 aromatic rings. The van der Waals surface area contributed by atoms with Gasteiger partial charge in [-0.2, -0.15) is 0 Å². The second-order valence-electron chi connectivity index (χ2n) is 10.9. The number of fused-ring (bicyclic) bond motifs is 1. The lowest BCUT2D eigenvalue weighted by Crippen LogP contribution is -2.48. The highest BCUT2D eigenvalue weighted by Crippen LogP contribution is 2.55. The first-order chi connectivity index (χ1) is 18.9. The van der Waals surface area contributed by atoms with Crippen LogP contribution in [0.4, 0.5) is 0 Å². The van der Waals surface area contributed by atoms with E-state index in [-0.39, 0.29) is 27.5 Å². The number of hydrogen-bond donors (Lipinski definition) is 0. The number of ether oxygens (including phenoxy) is 3. The van der Waals surface area contributed by atoms with E-state index in [1.807, 2.05) is 0 Å². The number of carbonyl (C=O) groups is 1. The highest BCUT2D eigenvalue weighted by molar-refractivity contribution is 14.1. The lowest BCUT2D eigenvalue weighted by molar-refractivity contribution is -0.148. The smallest absolute Gasteiger partial charge is 0.309 e. The standard InChI is InChI=1S/C34H39IO4/c1-4-25(23-32(5-2)31(35)33(6-3)29(38-32)22-30(36)39-33)24-37-34(26-16-10-7-11-17-26,27-18-12-8-13-19-27)28-20-14-9-15-21-28/h7-21,25,29,31H,4-6,22-24H2,1-3H3/t25-,29+,31-,32-,33-/m1/s1. The zero-order valence-corrected chi connectivity index (χ0v) is 25.3. The molecule has 3 aromatic carbocycles. The van der Waals surface area contributed by atoms with Gasteiger partial charge in [0.25, 0.3) is 0 Å². The third-order valence-electron chi connectivity index (χ3n) is 8.91. The molecule has 0 unspecified atom stereocenters. The third-order valence-corrected chi connectivity index (χ3v) is 11.1. The Balaban J connectivity index is 1.48. The molecule has 206 valence electrons. The maximum absolute atomic E-state index is 12.2. The predicted octanol–water partition coefficient (Wildman–Crippen LogP) is 7.86. The van der Waals surface area contributed by atoms with Gasteiger partial charge >= 0.3 is 5.97 Å². The quantitative estimate of drug-likeness (QED) is 0.0929. The predicted molar refractivity (Wildman–Crippen MR) is 163 cm³/mol. The molecule has 5 rings (SSSR count). The van der Waals surface area contributed by atoms with Gasteiger partial charge in [-0.1, -0.05) is 141 Å². The van der Waals surface area contributed by atoms with E-state index in [9.17, 15) is 4.79 Å². The summed E-state index contributed by atoms with van der Waals surface area (Å²) < 4.78 is 20.1. The minimum Gasteiger partial charge on any atom is -0.455 e. The van der Waals surface area contributed by atoms with Crippen molar-refractivity contribution in [1.29, 1.82) is 0 Å². The van der Waals surface area contributed by atoms with Gasteiger partial charge in [0.15, 0.2) is 5.60 Å². The van der Waals surface area contributed by atoms with Crippen molar-refractivity contribution in [1.82, 2.24) is 0 Å². The van der Waals surface area contributed by atoms with E-state index in [4.69, 9.17) is 14.2 Å². The van der Waals surface area contributed by atoms with E-state index in [0.29, 0.717) is 13.0 Å². The van der Waals surface area contributed by atoms with Crippen LogP contribution in [-0.2, 0) is 24.6 Å². The van der Waals surface area contributed by atoms with Crippen LogP contribution in [0.5, 0.6) is 0 Å². The zero-order valence-electron chi connectivity index (χ0n) is 23.1. The van der Waals surface area contributed by atoms with E-state index < -0.39 is 11.2 Å². The van der Waals surface area contributed by atoms with Crippen molar-refractivity contribution in [3.63, 3.8) is 0 Å². The molecule has 4 nitrogen and oxygen atoms in total. The molecule has 0 aliphatic carbocycles. The molecule has 2 aliphatic rings. The fraction of sp³-hybridized carbons (Fsp3) is 0.441. The van der Waals surface area contributed by atoms with Crippen molar-refractivity contribution in [3.8, 4) is 0 Å². The molecule has 2 aliphatic heterocycles. The van der Waals surface area contributed by atoms with Crippen LogP contribution in [0.3, 0.4) is 0 Å². The van der Waals surface area contributed by atoms with Crippen molar-refractivity contribution < 1.29 is 19.0 Å². The maximum Gasteiger partial charge on any atom is 0.309 e. The van der Waals surface area contributed by atoms with Crippen LogP contribution in [0.15, 0.2) is 91.0 Å². The van der Waals surface area contributed by atoms with Crippen LogP contribution < -0.4 is 0 Å². The number of alkyl halides is 1. The van der Waals surface area contributed by atoms with Gasteiger partial charge in [0.05, 0.1) is 22.6 Å². The van der Waals surface area contributed by atoms with Gasteiger partial charge in [-0.05, 0) is 41.9 Å². The highest BCUT2D eigenvalue weighted by Gasteiger charge is 2.67. The molecule has 0 amide bonds. The summed E-state index contributed by atoms with van der Waals surface area (Å²) in [7, 11) is 0. The van der Waals surface area contributed by atoms with E-state index in [1.165, 1.54) is 0 Å². The van der Waals surface area contributed by atoms with Crippen LogP contribution >= 0.6 is 22.6 Å². The summed E-state index contributed by atoms with van der Waals surface area (Å²) in [5, 5.41) is 0. The molecule has 5 atom stereocenters. The van der Waals surface area contributed by atoms with Crippen molar-refractivity contribution >= 4 is 28.6 Å². The molecular weight excluding hydrogens is 599 g/mol. The topological polar surface area (TPSA) is 44.8 Å². The van der Waals surface area contributed by atoms with Crippen LogP contribution in [0.1, 0.15) is 69.6 Å². The Bertz CT molecular complexity index is 1140. The number of hydrogen-bond acceptors (Lipinski definition) is 4. The van der Waals surface area contributed by atoms with Gasteiger partial charge in [-0.25, -0.2) is 0 Å². The number of carbonyl (C=O) groups excluding carboxylic acids is 1. The largest absolute Gasteiger partial charge is 0.455 e. The molecule has 0 aromatic heterocycles. The summed E-state index contributed by atoms with van der Waals surface area (Å²) in [4.78, 5) is 12.2. The summed E-state index contributed by atoms with van der Waals surface area (Å²) >= 11 is 2.51. The SMILES string of the molecule is CC[C@@H](COC(c1ccccc1)(c1ccccc1)c1ccccc1)C[C@@]1(CC)O[C@H]2CC(=O)O[C@@]2(CC)[C@@H]1I. The normalized spacial score (nSPS) is 27.2. The van der Waals surface area contributed by atoms with Crippen LogP contribution in [-0.4, -0.2) is 33.8 Å². The van der Waals surface area contributed by atoms with Crippen molar-refractivity contribution in [2.24, 2.45) is 5.92 Å². The second-order valence-corrected chi connectivity index (χ2v) is 12.2. The van der Waals surface area contributed by atoms with Crippen molar-refractivity contribution in [2.45, 2.75) is 79.7 Å². The van der Waals surface area contributed by atoms with Gasteiger partial charge in [-0.3, -0.25) is 4.79 Å². The Morgan fingerprint density at radius 1 is 0.872 bits per heavy atom. The highest BCUT2D eigenvalue weighted by atomic mass is 127. The molecule has 39 heavy (non-hydrogen) atoms. The Morgan fingerprint density at radius 2 is 1.38 bits per heavy atom. The van der Waals surface area contributed by atoms with Crippen LogP contribution in [0.25, 0.3) is 0 Å². The van der Waals surface area contributed by atoms with E-state index in [2.05, 4.69) is 134 Å². The first kappa shape index (κ1) is 28.3. The van der Waals surface area contributed by atoms with Gasteiger partial charge in [0, 0.05) is 0 Å². The molecule has 5 heteroatoms. The first-order valence-electron chi connectivity index (χ1n) is 14.3. The average Bonchev–Trinajstić information content (AvgIpc) is 3.43. The van der Waals surface area contributed by atoms with E-state index in [0.717, 1.165) is 42.4 Å². The lowest BCUT2D eigenvalue weighted by atomic mass is 9.78. The summed E-state index contributed by atoms with van der Waals surface area (Å²) in [6.45, 7) is 7.13. The summed E-state index contributed by atoms with van der Waals surface area (Å²) in [5.74, 6) is 0.128. The van der Waals surface area contributed by atoms with Crippen molar-refractivity contribution in [3.05, 3.63) is 108 Å². The molecule has 0 spiro atoms. The van der Waals surface area contributed by atoms with Crippen LogP contribution in [0.2, 0.25) is 0 Å². The molecule has 2 fully saturated rings. The first-order valence-corrected chi connectivity index (χ1v) is 15.5. The molecule has 0 bridgehead atoms. The number of benzene rings is 3. The monoisotopic (exact) mass is 638 g/mol. The summed E-state index contributed by atoms with van der Waals surface area (Å²) in [6, 6.07) is 31.6. The maximum atomic E-state index is 12.2. The Hall–Kier alpha value is -2.22.